The molecule has 4 aromatic rings. The van der Waals surface area contributed by atoms with E-state index in [0.717, 1.165) is 61.0 Å². The molecule has 40 heavy (non-hydrogen) atoms. The zero-order valence-corrected chi connectivity index (χ0v) is 23.7. The van der Waals surface area contributed by atoms with Crippen LogP contribution in [-0.2, 0) is 14.3 Å². The summed E-state index contributed by atoms with van der Waals surface area (Å²) in [5, 5.41) is 3.32. The minimum atomic E-state index is -0.723. The van der Waals surface area contributed by atoms with Gasteiger partial charge in [0.25, 0.3) is 0 Å². The molecule has 2 aliphatic heterocycles. The molecule has 0 saturated carbocycles. The number of benzene rings is 2. The first-order valence-electron chi connectivity index (χ1n) is 13.0. The summed E-state index contributed by atoms with van der Waals surface area (Å²) in [5.41, 5.74) is 4.81. The summed E-state index contributed by atoms with van der Waals surface area (Å²) in [6.07, 6.45) is 0. The lowest BCUT2D eigenvalue weighted by Gasteiger charge is -2.29. The van der Waals surface area contributed by atoms with Crippen molar-refractivity contribution in [1.29, 1.82) is 0 Å². The van der Waals surface area contributed by atoms with Crippen molar-refractivity contribution in [3.8, 4) is 11.3 Å². The van der Waals surface area contributed by atoms with Gasteiger partial charge in [0.05, 0.1) is 31.7 Å². The number of anilines is 2. The van der Waals surface area contributed by atoms with E-state index in [9.17, 15) is 9.59 Å². The smallest absolute Gasteiger partial charge is 0.334 e. The van der Waals surface area contributed by atoms with Gasteiger partial charge in [-0.15, -0.1) is 0 Å². The first-order valence-corrected chi connectivity index (χ1v) is 14.6. The number of nitrogens with one attached hydrogen (secondary N) is 2. The molecule has 2 aliphatic rings. The van der Waals surface area contributed by atoms with Crippen LogP contribution in [0, 0.1) is 6.92 Å². The Balaban J connectivity index is 1.29. The second-order valence-corrected chi connectivity index (χ2v) is 11.7. The molecule has 4 heterocycles. The first-order chi connectivity index (χ1) is 19.5. The molecule has 2 N–H and O–H groups in total. The van der Waals surface area contributed by atoms with Gasteiger partial charge in [0.1, 0.15) is 0 Å². The minimum absolute atomic E-state index is 0.121. The van der Waals surface area contributed by atoms with Crippen LogP contribution >= 0.6 is 23.5 Å². The normalized spacial score (nSPS) is 15.1. The van der Waals surface area contributed by atoms with E-state index in [2.05, 4.69) is 50.5 Å². The van der Waals surface area contributed by atoms with Crippen molar-refractivity contribution >= 4 is 40.9 Å². The van der Waals surface area contributed by atoms with Gasteiger partial charge < -0.3 is 24.7 Å². The van der Waals surface area contributed by atoms with E-state index in [-0.39, 0.29) is 5.56 Å². The topological polar surface area (TPSA) is 96.5 Å². The highest BCUT2D eigenvalue weighted by atomic mass is 32.2. The maximum atomic E-state index is 12.6. The Morgan fingerprint density at radius 1 is 1.02 bits per heavy atom. The highest BCUT2D eigenvalue weighted by Crippen LogP contribution is 2.52. The monoisotopic (exact) mass is 572 g/mol. The second kappa shape index (κ2) is 11.4. The number of morpholine rings is 1. The molecule has 0 spiro atoms. The summed E-state index contributed by atoms with van der Waals surface area (Å²) in [7, 11) is 1.38. The van der Waals surface area contributed by atoms with Crippen molar-refractivity contribution in [2.45, 2.75) is 32.5 Å². The average molecular weight is 573 g/mol. The molecule has 1 atom stereocenters. The first kappa shape index (κ1) is 26.5. The highest BCUT2D eigenvalue weighted by molar-refractivity contribution is 8.05. The van der Waals surface area contributed by atoms with Crippen molar-refractivity contribution in [1.82, 2.24) is 9.97 Å². The van der Waals surface area contributed by atoms with E-state index >= 15 is 0 Å². The molecule has 2 aromatic heterocycles. The molecule has 6 rings (SSSR count). The number of esters is 1. The standard InChI is InChI=1S/C30H28N4O4S2/c1-18-5-3-7-22(31-18)28(30(36)37-2)32-19-9-10-24-26(15-19)39-25-8-4-6-21(29(25)40-24)23-16-20(17-27(35)33-23)34-11-13-38-14-12-34/h3-10,15-17,28,32H,11-14H2,1-2H3,(H,33,35). The Bertz CT molecular complexity index is 1630. The Morgan fingerprint density at radius 2 is 1.85 bits per heavy atom. The van der Waals surface area contributed by atoms with E-state index in [1.54, 1.807) is 29.6 Å². The fourth-order valence-corrected chi connectivity index (χ4v) is 7.26. The number of aryl methyl sites for hydroxylation is 1. The number of carbonyl (C=O) groups is 1. The second-order valence-electron chi connectivity index (χ2n) is 9.52. The third-order valence-corrected chi connectivity index (χ3v) is 9.40. The summed E-state index contributed by atoms with van der Waals surface area (Å²) >= 11 is 3.35. The van der Waals surface area contributed by atoms with Crippen LogP contribution in [0.5, 0.6) is 0 Å². The zero-order valence-electron chi connectivity index (χ0n) is 22.1. The lowest BCUT2D eigenvalue weighted by Crippen LogP contribution is -2.36. The van der Waals surface area contributed by atoms with Gasteiger partial charge >= 0.3 is 5.97 Å². The van der Waals surface area contributed by atoms with Crippen LogP contribution < -0.4 is 15.8 Å². The van der Waals surface area contributed by atoms with Gasteiger partial charge in [0.15, 0.2) is 6.04 Å². The number of hydrogen-bond donors (Lipinski definition) is 2. The van der Waals surface area contributed by atoms with E-state index in [4.69, 9.17) is 9.47 Å². The van der Waals surface area contributed by atoms with E-state index < -0.39 is 12.0 Å². The summed E-state index contributed by atoms with van der Waals surface area (Å²) < 4.78 is 10.5. The summed E-state index contributed by atoms with van der Waals surface area (Å²) in [6.45, 7) is 4.74. The maximum absolute atomic E-state index is 12.6. The molecule has 0 bridgehead atoms. The molecule has 2 aromatic carbocycles. The quantitative estimate of drug-likeness (QED) is 0.255. The largest absolute Gasteiger partial charge is 0.467 e. The minimum Gasteiger partial charge on any atom is -0.467 e. The van der Waals surface area contributed by atoms with E-state index in [1.165, 1.54) is 7.11 Å². The maximum Gasteiger partial charge on any atom is 0.334 e. The number of pyridine rings is 2. The van der Waals surface area contributed by atoms with Gasteiger partial charge in [0.2, 0.25) is 5.56 Å². The number of methoxy groups -OCH3 is 1. The van der Waals surface area contributed by atoms with Gasteiger partial charge in [-0.3, -0.25) is 9.78 Å². The van der Waals surface area contributed by atoms with Crippen molar-refractivity contribution in [3.05, 3.63) is 88.5 Å². The molecule has 8 nitrogen and oxygen atoms in total. The Kier molecular flexibility index (Phi) is 7.55. The molecule has 1 saturated heterocycles. The van der Waals surface area contributed by atoms with Crippen molar-refractivity contribution in [3.63, 3.8) is 0 Å². The molecular weight excluding hydrogens is 544 g/mol. The number of hydrogen-bond acceptors (Lipinski definition) is 9. The fraction of sp³-hybridized carbons (Fsp3) is 0.233. The van der Waals surface area contributed by atoms with Crippen LogP contribution in [0.25, 0.3) is 11.3 Å². The summed E-state index contributed by atoms with van der Waals surface area (Å²) in [5.74, 6) is -0.402. The van der Waals surface area contributed by atoms with Gasteiger partial charge in [-0.25, -0.2) is 4.79 Å². The zero-order chi connectivity index (χ0) is 27.6. The van der Waals surface area contributed by atoms with Crippen molar-refractivity contribution in [2.24, 2.45) is 0 Å². The lowest BCUT2D eigenvalue weighted by molar-refractivity contribution is -0.141. The lowest BCUT2D eigenvalue weighted by atomic mass is 10.1. The average Bonchev–Trinajstić information content (AvgIpc) is 2.98. The van der Waals surface area contributed by atoms with Gasteiger partial charge in [0, 0.05) is 61.4 Å². The van der Waals surface area contributed by atoms with Gasteiger partial charge in [-0.1, -0.05) is 41.7 Å². The number of H-pyrrole nitrogens is 1. The molecular formula is C30H28N4O4S2. The van der Waals surface area contributed by atoms with Crippen LogP contribution in [-0.4, -0.2) is 49.4 Å². The molecule has 204 valence electrons. The molecule has 0 amide bonds. The highest BCUT2D eigenvalue weighted by Gasteiger charge is 2.25. The molecule has 1 unspecified atom stereocenters. The van der Waals surface area contributed by atoms with E-state index in [0.29, 0.717) is 18.9 Å². The van der Waals surface area contributed by atoms with Crippen LogP contribution in [0.4, 0.5) is 11.4 Å². The number of aromatic amines is 1. The molecule has 0 radical (unpaired) electrons. The fourth-order valence-electron chi connectivity index (χ4n) is 4.84. The summed E-state index contributed by atoms with van der Waals surface area (Å²) in [6, 6.07) is 20.8. The third-order valence-electron chi connectivity index (χ3n) is 6.80. The molecule has 0 aliphatic carbocycles. The SMILES string of the molecule is COC(=O)C(Nc1ccc2c(c1)Sc1cccc(-c3cc(N4CCOCC4)cc(=O)[nH]3)c1S2)c1cccc(C)n1. The van der Waals surface area contributed by atoms with Gasteiger partial charge in [-0.05, 0) is 49.4 Å². The Labute approximate surface area is 240 Å². The van der Waals surface area contributed by atoms with Crippen molar-refractivity contribution in [2.75, 3.05) is 43.6 Å². The molecule has 1 fully saturated rings. The number of rotatable bonds is 6. The number of ether oxygens (including phenoxy) is 2. The Hall–Kier alpha value is -3.73. The molecule has 10 heteroatoms. The van der Waals surface area contributed by atoms with E-state index in [1.807, 2.05) is 37.3 Å². The van der Waals surface area contributed by atoms with Crippen LogP contribution in [0.15, 0.2) is 91.1 Å². The van der Waals surface area contributed by atoms with Crippen molar-refractivity contribution < 1.29 is 14.3 Å². The number of aromatic nitrogens is 2. The van der Waals surface area contributed by atoms with Crippen LogP contribution in [0.2, 0.25) is 0 Å². The number of fused-ring (bicyclic) bond motifs is 2. The predicted octanol–water partition coefficient (Wildman–Crippen LogP) is 5.52. The third kappa shape index (κ3) is 5.47. The number of nitrogens with zero attached hydrogens (tertiary/aromatic N) is 2. The number of carbonyl (C=O) groups excluding carboxylic acids is 1. The Morgan fingerprint density at radius 3 is 2.65 bits per heavy atom. The van der Waals surface area contributed by atoms with Gasteiger partial charge in [-0.2, -0.15) is 0 Å². The summed E-state index contributed by atoms with van der Waals surface area (Å²) in [4.78, 5) is 39.4. The van der Waals surface area contributed by atoms with Crippen LogP contribution in [0.3, 0.4) is 0 Å². The van der Waals surface area contributed by atoms with Crippen LogP contribution in [0.1, 0.15) is 17.4 Å². The predicted molar refractivity (Wildman–Crippen MR) is 158 cm³/mol.